The van der Waals surface area contributed by atoms with Gasteiger partial charge >= 0.3 is 0 Å². The fraction of sp³-hybridized carbons (Fsp3) is 0.0833. The van der Waals surface area contributed by atoms with Crippen LogP contribution in [0, 0.1) is 13.8 Å². The first-order valence-corrected chi connectivity index (χ1v) is 9.46. The third-order valence-electron chi connectivity index (χ3n) is 5.21. The normalized spacial score (nSPS) is 11.6. The van der Waals surface area contributed by atoms with E-state index in [1.54, 1.807) is 0 Å². The summed E-state index contributed by atoms with van der Waals surface area (Å²) in [6, 6.07) is 26.4. The van der Waals surface area contributed by atoms with E-state index < -0.39 is 0 Å². The molecule has 25 heavy (non-hydrogen) atoms. The number of thiophene rings is 1. The van der Waals surface area contributed by atoms with Crippen molar-refractivity contribution in [3.63, 3.8) is 0 Å². The van der Waals surface area contributed by atoms with Gasteiger partial charge in [0, 0.05) is 25.7 Å². The summed E-state index contributed by atoms with van der Waals surface area (Å²) in [5, 5.41) is 5.50. The molecule has 1 heterocycles. The first kappa shape index (κ1) is 14.7. The molecule has 4 aromatic carbocycles. The van der Waals surface area contributed by atoms with E-state index in [9.17, 15) is 0 Å². The lowest BCUT2D eigenvalue weighted by Gasteiger charge is -2.14. The summed E-state index contributed by atoms with van der Waals surface area (Å²) in [5.41, 5.74) is 5.46. The summed E-state index contributed by atoms with van der Waals surface area (Å²) in [5.74, 6) is 0. The molecular weight excluding hydrogens is 320 g/mol. The molecule has 0 bridgehead atoms. The standard InChI is InChI=1S/C24H18S/c1-15-9-3-4-10-17(15)22-16(2)18-11-5-6-12-19(18)23-20-13-7-8-14-21(20)25-24(22)23/h3-14H,1-2H3. The van der Waals surface area contributed by atoms with E-state index in [1.807, 2.05) is 11.3 Å². The number of hydrogen-bond donors (Lipinski definition) is 0. The molecule has 0 aliphatic carbocycles. The largest absolute Gasteiger partial charge is 0.134 e. The van der Waals surface area contributed by atoms with Gasteiger partial charge in [0.15, 0.2) is 0 Å². The van der Waals surface area contributed by atoms with Crippen molar-refractivity contribution in [2.75, 3.05) is 0 Å². The molecule has 120 valence electrons. The van der Waals surface area contributed by atoms with E-state index >= 15 is 0 Å². The molecule has 0 aliphatic heterocycles. The summed E-state index contributed by atoms with van der Waals surface area (Å²) in [6.07, 6.45) is 0. The first-order valence-electron chi connectivity index (χ1n) is 8.64. The van der Waals surface area contributed by atoms with Crippen molar-refractivity contribution in [2.24, 2.45) is 0 Å². The molecule has 0 nitrogen and oxygen atoms in total. The van der Waals surface area contributed by atoms with Crippen LogP contribution < -0.4 is 0 Å². The van der Waals surface area contributed by atoms with Crippen molar-refractivity contribution in [3.05, 3.63) is 83.9 Å². The predicted octanol–water partition coefficient (Wildman–Crippen LogP) is 7.49. The highest BCUT2D eigenvalue weighted by Gasteiger charge is 2.18. The van der Waals surface area contributed by atoms with Gasteiger partial charge in [-0.05, 0) is 47.4 Å². The Morgan fingerprint density at radius 3 is 2.08 bits per heavy atom. The van der Waals surface area contributed by atoms with Crippen molar-refractivity contribution >= 4 is 42.3 Å². The lowest BCUT2D eigenvalue weighted by atomic mass is 9.90. The van der Waals surface area contributed by atoms with Crippen LogP contribution in [0.2, 0.25) is 0 Å². The Hall–Kier alpha value is -2.64. The van der Waals surface area contributed by atoms with Gasteiger partial charge in [-0.15, -0.1) is 11.3 Å². The highest BCUT2D eigenvalue weighted by molar-refractivity contribution is 7.26. The number of rotatable bonds is 1. The molecule has 0 spiro atoms. The average Bonchev–Trinajstić information content (AvgIpc) is 3.02. The Kier molecular flexibility index (Phi) is 3.19. The minimum Gasteiger partial charge on any atom is -0.134 e. The number of hydrogen-bond acceptors (Lipinski definition) is 1. The van der Waals surface area contributed by atoms with Gasteiger partial charge < -0.3 is 0 Å². The second kappa shape index (κ2) is 5.44. The summed E-state index contributed by atoms with van der Waals surface area (Å²) < 4.78 is 2.77. The highest BCUT2D eigenvalue weighted by Crippen LogP contribution is 2.46. The molecule has 0 aliphatic rings. The third kappa shape index (κ3) is 2.06. The summed E-state index contributed by atoms with van der Waals surface area (Å²) in [7, 11) is 0. The van der Waals surface area contributed by atoms with Gasteiger partial charge in [-0.25, -0.2) is 0 Å². The zero-order valence-corrected chi connectivity index (χ0v) is 15.2. The lowest BCUT2D eigenvalue weighted by molar-refractivity contribution is 1.45. The van der Waals surface area contributed by atoms with E-state index in [0.29, 0.717) is 0 Å². The van der Waals surface area contributed by atoms with Crippen molar-refractivity contribution < 1.29 is 0 Å². The van der Waals surface area contributed by atoms with E-state index in [4.69, 9.17) is 0 Å². The first-order chi connectivity index (χ1) is 12.3. The highest BCUT2D eigenvalue weighted by atomic mass is 32.1. The Labute approximate surface area is 151 Å². The molecule has 1 heteroatoms. The minimum atomic E-state index is 1.33. The number of aryl methyl sites for hydroxylation is 2. The summed E-state index contributed by atoms with van der Waals surface area (Å²) >= 11 is 1.92. The predicted molar refractivity (Wildman–Crippen MR) is 112 cm³/mol. The van der Waals surface area contributed by atoms with Crippen LogP contribution in [0.25, 0.3) is 42.1 Å². The van der Waals surface area contributed by atoms with Crippen LogP contribution in [0.5, 0.6) is 0 Å². The fourth-order valence-electron chi connectivity index (χ4n) is 4.00. The molecule has 5 rings (SSSR count). The zero-order chi connectivity index (χ0) is 17.0. The fourth-order valence-corrected chi connectivity index (χ4v) is 5.33. The Morgan fingerprint density at radius 1 is 0.640 bits per heavy atom. The third-order valence-corrected chi connectivity index (χ3v) is 6.40. The monoisotopic (exact) mass is 338 g/mol. The van der Waals surface area contributed by atoms with E-state index in [-0.39, 0.29) is 0 Å². The Bertz CT molecular complexity index is 1260. The van der Waals surface area contributed by atoms with Crippen molar-refractivity contribution in [3.8, 4) is 11.1 Å². The molecule has 0 saturated heterocycles. The molecule has 0 fully saturated rings. The van der Waals surface area contributed by atoms with Gasteiger partial charge in [0.1, 0.15) is 0 Å². The second-order valence-electron chi connectivity index (χ2n) is 6.66. The molecule has 0 amide bonds. The van der Waals surface area contributed by atoms with Crippen molar-refractivity contribution in [1.82, 2.24) is 0 Å². The molecule has 0 unspecified atom stereocenters. The SMILES string of the molecule is Cc1ccccc1-c1c(C)c2ccccc2c2c1sc1ccccc12. The average molecular weight is 338 g/mol. The van der Waals surface area contributed by atoms with Crippen LogP contribution in [0.4, 0.5) is 0 Å². The van der Waals surface area contributed by atoms with Crippen LogP contribution in [-0.4, -0.2) is 0 Å². The molecule has 0 saturated carbocycles. The number of benzene rings is 4. The maximum Gasteiger partial charge on any atom is 0.0443 e. The van der Waals surface area contributed by atoms with E-state index in [1.165, 1.54) is 53.2 Å². The Morgan fingerprint density at radius 2 is 1.28 bits per heavy atom. The molecule has 0 radical (unpaired) electrons. The van der Waals surface area contributed by atoms with Crippen molar-refractivity contribution in [1.29, 1.82) is 0 Å². The van der Waals surface area contributed by atoms with Crippen LogP contribution in [0.1, 0.15) is 11.1 Å². The maximum atomic E-state index is 2.27. The maximum absolute atomic E-state index is 2.27. The zero-order valence-electron chi connectivity index (χ0n) is 14.3. The molecule has 0 atom stereocenters. The minimum absolute atomic E-state index is 1.33. The van der Waals surface area contributed by atoms with Crippen LogP contribution in [0.15, 0.2) is 72.8 Å². The topological polar surface area (TPSA) is 0 Å². The van der Waals surface area contributed by atoms with Gasteiger partial charge in [-0.3, -0.25) is 0 Å². The summed E-state index contributed by atoms with van der Waals surface area (Å²) in [6.45, 7) is 4.48. The smallest absolute Gasteiger partial charge is 0.0443 e. The van der Waals surface area contributed by atoms with Crippen LogP contribution >= 0.6 is 11.3 Å². The molecule has 0 N–H and O–H groups in total. The molecule has 5 aromatic rings. The second-order valence-corrected chi connectivity index (χ2v) is 7.72. The quantitative estimate of drug-likeness (QED) is 0.297. The van der Waals surface area contributed by atoms with Gasteiger partial charge in [-0.2, -0.15) is 0 Å². The van der Waals surface area contributed by atoms with Gasteiger partial charge in [0.2, 0.25) is 0 Å². The summed E-state index contributed by atoms with van der Waals surface area (Å²) in [4.78, 5) is 0. The molecular formula is C24H18S. The molecule has 1 aromatic heterocycles. The van der Waals surface area contributed by atoms with Crippen LogP contribution in [0.3, 0.4) is 0 Å². The number of fused-ring (bicyclic) bond motifs is 5. The van der Waals surface area contributed by atoms with E-state index in [0.717, 1.165) is 0 Å². The van der Waals surface area contributed by atoms with Gasteiger partial charge in [0.05, 0.1) is 0 Å². The van der Waals surface area contributed by atoms with Crippen molar-refractivity contribution in [2.45, 2.75) is 13.8 Å². The lowest BCUT2D eigenvalue weighted by Crippen LogP contribution is -1.90. The Balaban J connectivity index is 2.10. The van der Waals surface area contributed by atoms with Gasteiger partial charge in [-0.1, -0.05) is 66.7 Å². The van der Waals surface area contributed by atoms with Gasteiger partial charge in [0.25, 0.3) is 0 Å². The van der Waals surface area contributed by atoms with E-state index in [2.05, 4.69) is 86.6 Å². The van der Waals surface area contributed by atoms with Crippen LogP contribution in [-0.2, 0) is 0 Å².